The molecule has 0 amide bonds. The summed E-state index contributed by atoms with van der Waals surface area (Å²) in [4.78, 5) is 2.07. The minimum absolute atomic E-state index is 0.576. The predicted molar refractivity (Wildman–Crippen MR) is 71.6 cm³/mol. The molecule has 0 fully saturated rings. The number of hydrogen-bond donors (Lipinski definition) is 1. The number of benzene rings is 1. The molecular formula is C12H11ClOS2. The van der Waals surface area contributed by atoms with Gasteiger partial charge in [0.15, 0.2) is 0 Å². The second kappa shape index (κ2) is 5.23. The third-order valence-corrected chi connectivity index (χ3v) is 4.32. The summed E-state index contributed by atoms with van der Waals surface area (Å²) in [5.74, 6) is 0. The van der Waals surface area contributed by atoms with Gasteiger partial charge in [-0.25, -0.2) is 0 Å². The summed E-state index contributed by atoms with van der Waals surface area (Å²) in [5, 5.41) is 10.1. The maximum Gasteiger partial charge on any atom is 0.113 e. The Hall–Kier alpha value is -0.480. The average molecular weight is 271 g/mol. The maximum atomic E-state index is 10.1. The molecule has 1 aromatic heterocycles. The Morgan fingerprint density at radius 3 is 2.38 bits per heavy atom. The van der Waals surface area contributed by atoms with Crippen molar-refractivity contribution in [3.63, 3.8) is 0 Å². The van der Waals surface area contributed by atoms with E-state index in [4.69, 9.17) is 11.6 Å². The fourth-order valence-electron chi connectivity index (χ4n) is 1.43. The molecule has 1 aromatic carbocycles. The molecule has 1 N–H and O–H groups in total. The van der Waals surface area contributed by atoms with E-state index in [1.807, 2.05) is 36.6 Å². The summed E-state index contributed by atoms with van der Waals surface area (Å²) in [6, 6.07) is 11.6. The second-order valence-corrected chi connectivity index (χ2v) is 5.94. The Morgan fingerprint density at radius 1 is 1.19 bits per heavy atom. The lowest BCUT2D eigenvalue weighted by atomic mass is 10.1. The Kier molecular flexibility index (Phi) is 3.92. The Bertz CT molecular complexity index is 464. The van der Waals surface area contributed by atoms with E-state index >= 15 is 0 Å². The first-order chi connectivity index (χ1) is 7.70. The van der Waals surface area contributed by atoms with E-state index in [-0.39, 0.29) is 0 Å². The van der Waals surface area contributed by atoms with Crippen LogP contribution in [-0.4, -0.2) is 11.4 Å². The average Bonchev–Trinajstić information content (AvgIpc) is 2.75. The van der Waals surface area contributed by atoms with E-state index in [9.17, 15) is 5.11 Å². The summed E-state index contributed by atoms with van der Waals surface area (Å²) in [6.07, 6.45) is 1.46. The standard InChI is InChI=1S/C12H11ClOS2/c1-15-9-4-2-8(3-5-9)12(14)10-6-7-11(13)16-10/h2-7,12,14H,1H3. The topological polar surface area (TPSA) is 20.2 Å². The van der Waals surface area contributed by atoms with Gasteiger partial charge in [-0.15, -0.1) is 23.1 Å². The lowest BCUT2D eigenvalue weighted by Gasteiger charge is -2.09. The van der Waals surface area contributed by atoms with Gasteiger partial charge in [0, 0.05) is 9.77 Å². The number of halogens is 1. The fraction of sp³-hybridized carbons (Fsp3) is 0.167. The number of rotatable bonds is 3. The number of aliphatic hydroxyl groups excluding tert-OH is 1. The largest absolute Gasteiger partial charge is 0.383 e. The molecule has 4 heteroatoms. The zero-order valence-corrected chi connectivity index (χ0v) is 11.1. The molecule has 0 aliphatic carbocycles. The number of hydrogen-bond acceptors (Lipinski definition) is 3. The van der Waals surface area contributed by atoms with Crippen LogP contribution in [0.3, 0.4) is 0 Å². The van der Waals surface area contributed by atoms with Crippen LogP contribution in [-0.2, 0) is 0 Å². The Balaban J connectivity index is 2.23. The van der Waals surface area contributed by atoms with Crippen molar-refractivity contribution < 1.29 is 5.11 Å². The Labute approximate surface area is 108 Å². The van der Waals surface area contributed by atoms with Crippen LogP contribution in [0.4, 0.5) is 0 Å². The van der Waals surface area contributed by atoms with Crippen LogP contribution >= 0.6 is 34.7 Å². The van der Waals surface area contributed by atoms with Crippen LogP contribution < -0.4 is 0 Å². The highest BCUT2D eigenvalue weighted by atomic mass is 35.5. The van der Waals surface area contributed by atoms with Gasteiger partial charge in [0.1, 0.15) is 6.10 Å². The third kappa shape index (κ3) is 2.61. The summed E-state index contributed by atoms with van der Waals surface area (Å²) >= 11 is 8.94. The number of aliphatic hydroxyl groups is 1. The molecule has 0 saturated heterocycles. The predicted octanol–water partition coefficient (Wildman–Crippen LogP) is 4.21. The SMILES string of the molecule is CSc1ccc(C(O)c2ccc(Cl)s2)cc1. The van der Waals surface area contributed by atoms with E-state index in [1.54, 1.807) is 17.8 Å². The molecule has 1 atom stereocenters. The molecule has 0 aliphatic rings. The smallest absolute Gasteiger partial charge is 0.113 e. The van der Waals surface area contributed by atoms with Gasteiger partial charge in [-0.1, -0.05) is 23.7 Å². The molecule has 1 unspecified atom stereocenters. The highest BCUT2D eigenvalue weighted by Gasteiger charge is 2.12. The van der Waals surface area contributed by atoms with Gasteiger partial charge >= 0.3 is 0 Å². The van der Waals surface area contributed by atoms with Crippen LogP contribution in [0.15, 0.2) is 41.3 Å². The molecule has 2 aromatic rings. The van der Waals surface area contributed by atoms with Crippen molar-refractivity contribution in [3.8, 4) is 0 Å². The lowest BCUT2D eigenvalue weighted by molar-refractivity contribution is 0.224. The monoisotopic (exact) mass is 270 g/mol. The molecule has 84 valence electrons. The summed E-state index contributed by atoms with van der Waals surface area (Å²) < 4.78 is 0.704. The molecule has 1 nitrogen and oxygen atoms in total. The second-order valence-electron chi connectivity index (χ2n) is 3.32. The maximum absolute atomic E-state index is 10.1. The summed E-state index contributed by atoms with van der Waals surface area (Å²) in [5.41, 5.74) is 0.899. The van der Waals surface area contributed by atoms with Crippen molar-refractivity contribution in [2.45, 2.75) is 11.0 Å². The first-order valence-corrected chi connectivity index (χ1v) is 7.20. The van der Waals surface area contributed by atoms with Crippen molar-refractivity contribution >= 4 is 34.7 Å². The third-order valence-electron chi connectivity index (χ3n) is 2.30. The first-order valence-electron chi connectivity index (χ1n) is 4.78. The molecule has 0 aliphatic heterocycles. The Morgan fingerprint density at radius 2 is 1.88 bits per heavy atom. The van der Waals surface area contributed by atoms with Crippen molar-refractivity contribution in [3.05, 3.63) is 51.2 Å². The molecule has 0 spiro atoms. The van der Waals surface area contributed by atoms with Gasteiger partial charge in [0.25, 0.3) is 0 Å². The normalized spacial score (nSPS) is 12.7. The number of thioether (sulfide) groups is 1. The van der Waals surface area contributed by atoms with E-state index < -0.39 is 6.10 Å². The zero-order valence-electron chi connectivity index (χ0n) is 8.68. The molecular weight excluding hydrogens is 260 g/mol. The van der Waals surface area contributed by atoms with Crippen LogP contribution in [0.1, 0.15) is 16.5 Å². The van der Waals surface area contributed by atoms with Crippen LogP contribution in [0, 0.1) is 0 Å². The highest BCUT2D eigenvalue weighted by Crippen LogP contribution is 2.31. The van der Waals surface area contributed by atoms with E-state index in [0.29, 0.717) is 4.34 Å². The van der Waals surface area contributed by atoms with Gasteiger partial charge in [0.2, 0.25) is 0 Å². The van der Waals surface area contributed by atoms with Crippen molar-refractivity contribution in [2.75, 3.05) is 6.26 Å². The van der Waals surface area contributed by atoms with Crippen molar-refractivity contribution in [1.82, 2.24) is 0 Å². The zero-order chi connectivity index (χ0) is 11.5. The van der Waals surface area contributed by atoms with Crippen LogP contribution in [0.5, 0.6) is 0 Å². The van der Waals surface area contributed by atoms with E-state index in [0.717, 1.165) is 10.4 Å². The molecule has 0 saturated carbocycles. The van der Waals surface area contributed by atoms with Crippen molar-refractivity contribution in [1.29, 1.82) is 0 Å². The minimum atomic E-state index is -0.576. The van der Waals surface area contributed by atoms with Gasteiger partial charge in [0.05, 0.1) is 4.34 Å². The van der Waals surface area contributed by atoms with Crippen LogP contribution in [0.25, 0.3) is 0 Å². The van der Waals surface area contributed by atoms with Gasteiger partial charge in [-0.05, 0) is 36.1 Å². The molecule has 0 bridgehead atoms. The fourth-order valence-corrected chi connectivity index (χ4v) is 2.91. The van der Waals surface area contributed by atoms with Crippen LogP contribution in [0.2, 0.25) is 4.34 Å². The van der Waals surface area contributed by atoms with E-state index in [1.165, 1.54) is 16.2 Å². The van der Waals surface area contributed by atoms with E-state index in [2.05, 4.69) is 0 Å². The molecule has 1 heterocycles. The quantitative estimate of drug-likeness (QED) is 0.844. The van der Waals surface area contributed by atoms with Gasteiger partial charge < -0.3 is 5.11 Å². The first kappa shape index (κ1) is 12.0. The van der Waals surface area contributed by atoms with Crippen molar-refractivity contribution in [2.24, 2.45) is 0 Å². The molecule has 0 radical (unpaired) electrons. The summed E-state index contributed by atoms with van der Waals surface area (Å²) in [6.45, 7) is 0. The molecule has 2 rings (SSSR count). The van der Waals surface area contributed by atoms with Gasteiger partial charge in [-0.2, -0.15) is 0 Å². The highest BCUT2D eigenvalue weighted by molar-refractivity contribution is 7.98. The minimum Gasteiger partial charge on any atom is -0.383 e. The summed E-state index contributed by atoms with van der Waals surface area (Å²) in [7, 11) is 0. The lowest BCUT2D eigenvalue weighted by Crippen LogP contribution is -1.96. The molecule has 16 heavy (non-hydrogen) atoms. The van der Waals surface area contributed by atoms with Gasteiger partial charge in [-0.3, -0.25) is 0 Å². The number of thiophene rings is 1.